The number of amides is 2. The van der Waals surface area contributed by atoms with E-state index in [-0.39, 0.29) is 35.9 Å². The number of rotatable bonds is 7. The molecule has 0 saturated carbocycles. The Bertz CT molecular complexity index is 1570. The minimum Gasteiger partial charge on any atom is -0.449 e. The van der Waals surface area contributed by atoms with Crippen LogP contribution in [-0.2, 0) is 13.1 Å². The number of anilines is 1. The van der Waals surface area contributed by atoms with Crippen molar-refractivity contribution in [3.63, 3.8) is 0 Å². The van der Waals surface area contributed by atoms with E-state index in [1.54, 1.807) is 60.9 Å². The summed E-state index contributed by atoms with van der Waals surface area (Å²) in [6.07, 6.45) is 3.27. The van der Waals surface area contributed by atoms with Crippen LogP contribution in [0.25, 0.3) is 11.0 Å². The molecule has 0 spiro atoms. The van der Waals surface area contributed by atoms with E-state index in [1.807, 2.05) is 6.07 Å². The molecule has 37 heavy (non-hydrogen) atoms. The van der Waals surface area contributed by atoms with Crippen molar-refractivity contribution in [1.82, 2.24) is 9.88 Å². The minimum absolute atomic E-state index is 0.100. The molecule has 0 aliphatic heterocycles. The molecule has 8 heteroatoms. The van der Waals surface area contributed by atoms with E-state index in [1.165, 1.54) is 35.2 Å². The molecule has 6 nitrogen and oxygen atoms in total. The topological polar surface area (TPSA) is 75.4 Å². The summed E-state index contributed by atoms with van der Waals surface area (Å²) in [5.74, 6) is -2.39. The van der Waals surface area contributed by atoms with Crippen LogP contribution in [0.5, 0.6) is 0 Å². The molecule has 2 amide bonds. The molecule has 0 saturated heterocycles. The molecule has 0 aliphatic carbocycles. The standard InChI is InChI=1S/C29H21F2N3O3/c30-21-13-11-19(12-14-21)17-34(18-20-6-5-15-32-16-20)29(36)27-26(23-8-2-4-10-25(23)37-27)33-28(35)22-7-1-3-9-24(22)31/h1-16H,17-18H2,(H,33,35). The Balaban J connectivity index is 1.54. The lowest BCUT2D eigenvalue weighted by Crippen LogP contribution is -2.30. The number of nitrogens with zero attached hydrogens (tertiary/aromatic N) is 2. The molecular weight excluding hydrogens is 476 g/mol. The number of aromatic nitrogens is 1. The average Bonchev–Trinajstić information content (AvgIpc) is 3.28. The van der Waals surface area contributed by atoms with Gasteiger partial charge in [-0.05, 0) is 53.6 Å². The van der Waals surface area contributed by atoms with Crippen molar-refractivity contribution in [2.45, 2.75) is 13.1 Å². The first-order valence-corrected chi connectivity index (χ1v) is 11.5. The SMILES string of the molecule is O=C(Nc1c(C(=O)N(Cc2ccc(F)cc2)Cc2cccnc2)oc2ccccc12)c1ccccc1F. The highest BCUT2D eigenvalue weighted by atomic mass is 19.1. The lowest BCUT2D eigenvalue weighted by atomic mass is 10.1. The van der Waals surface area contributed by atoms with E-state index in [4.69, 9.17) is 4.42 Å². The maximum atomic E-state index is 14.3. The third-order valence-electron chi connectivity index (χ3n) is 5.82. The number of benzene rings is 3. The highest BCUT2D eigenvalue weighted by molar-refractivity contribution is 6.14. The fourth-order valence-corrected chi connectivity index (χ4v) is 4.01. The Morgan fingerprint density at radius 3 is 2.32 bits per heavy atom. The van der Waals surface area contributed by atoms with E-state index in [0.717, 1.165) is 5.56 Å². The van der Waals surface area contributed by atoms with Gasteiger partial charge in [0.2, 0.25) is 5.76 Å². The number of carbonyl (C=O) groups is 2. The van der Waals surface area contributed by atoms with Crippen molar-refractivity contribution < 1.29 is 22.8 Å². The van der Waals surface area contributed by atoms with Crippen LogP contribution in [0.3, 0.4) is 0 Å². The Kier molecular flexibility index (Phi) is 6.72. The lowest BCUT2D eigenvalue weighted by molar-refractivity contribution is 0.0701. The maximum absolute atomic E-state index is 14.3. The Hall–Kier alpha value is -4.85. The van der Waals surface area contributed by atoms with Crippen molar-refractivity contribution in [1.29, 1.82) is 0 Å². The predicted octanol–water partition coefficient (Wildman–Crippen LogP) is 6.20. The third kappa shape index (κ3) is 5.23. The Morgan fingerprint density at radius 2 is 1.57 bits per heavy atom. The molecule has 0 bridgehead atoms. The first-order chi connectivity index (χ1) is 18.0. The number of furan rings is 1. The quantitative estimate of drug-likeness (QED) is 0.291. The summed E-state index contributed by atoms with van der Waals surface area (Å²) < 4.78 is 33.7. The zero-order valence-electron chi connectivity index (χ0n) is 19.5. The van der Waals surface area contributed by atoms with Crippen LogP contribution in [0.4, 0.5) is 14.5 Å². The molecule has 3 aromatic carbocycles. The molecule has 0 unspecified atom stereocenters. The highest BCUT2D eigenvalue weighted by Gasteiger charge is 2.27. The zero-order chi connectivity index (χ0) is 25.8. The van der Waals surface area contributed by atoms with Gasteiger partial charge in [0, 0.05) is 30.9 Å². The van der Waals surface area contributed by atoms with Gasteiger partial charge in [-0.3, -0.25) is 14.6 Å². The number of fused-ring (bicyclic) bond motifs is 1. The van der Waals surface area contributed by atoms with Crippen molar-refractivity contribution in [2.75, 3.05) is 5.32 Å². The first-order valence-electron chi connectivity index (χ1n) is 11.5. The lowest BCUT2D eigenvalue weighted by Gasteiger charge is -2.22. The molecule has 0 radical (unpaired) electrons. The van der Waals surface area contributed by atoms with Crippen LogP contribution >= 0.6 is 0 Å². The number of halogens is 2. The van der Waals surface area contributed by atoms with Crippen molar-refractivity contribution in [2.24, 2.45) is 0 Å². The Morgan fingerprint density at radius 1 is 0.838 bits per heavy atom. The number of carbonyl (C=O) groups excluding carboxylic acids is 2. The zero-order valence-corrected chi connectivity index (χ0v) is 19.5. The first kappa shape index (κ1) is 23.9. The van der Waals surface area contributed by atoms with E-state index in [9.17, 15) is 18.4 Å². The summed E-state index contributed by atoms with van der Waals surface area (Å²) in [6, 6.07) is 21.9. The predicted molar refractivity (Wildman–Crippen MR) is 135 cm³/mol. The van der Waals surface area contributed by atoms with Crippen molar-refractivity contribution >= 4 is 28.5 Å². The van der Waals surface area contributed by atoms with Gasteiger partial charge in [-0.2, -0.15) is 0 Å². The van der Waals surface area contributed by atoms with Gasteiger partial charge in [-0.25, -0.2) is 8.78 Å². The minimum atomic E-state index is -0.712. The molecule has 0 atom stereocenters. The molecule has 0 fully saturated rings. The van der Waals surface area contributed by atoms with Crippen molar-refractivity contribution in [3.8, 4) is 0 Å². The fourth-order valence-electron chi connectivity index (χ4n) is 4.01. The van der Waals surface area contributed by atoms with Gasteiger partial charge in [0.15, 0.2) is 0 Å². The van der Waals surface area contributed by atoms with E-state index >= 15 is 0 Å². The fraction of sp³-hybridized carbons (Fsp3) is 0.0690. The van der Waals surface area contributed by atoms with Gasteiger partial charge in [-0.15, -0.1) is 0 Å². The molecule has 184 valence electrons. The average molecular weight is 498 g/mol. The monoisotopic (exact) mass is 497 g/mol. The second kappa shape index (κ2) is 10.4. The molecule has 2 heterocycles. The van der Waals surface area contributed by atoms with Crippen LogP contribution in [0.15, 0.2) is 102 Å². The largest absolute Gasteiger partial charge is 0.449 e. The highest BCUT2D eigenvalue weighted by Crippen LogP contribution is 2.33. The molecule has 5 aromatic rings. The van der Waals surface area contributed by atoms with E-state index in [0.29, 0.717) is 16.5 Å². The summed E-state index contributed by atoms with van der Waals surface area (Å²) in [4.78, 5) is 32.5. The molecule has 5 rings (SSSR count). The summed E-state index contributed by atoms with van der Waals surface area (Å²) in [5.41, 5.74) is 1.84. The molecule has 1 N–H and O–H groups in total. The number of nitrogens with one attached hydrogen (secondary N) is 1. The summed E-state index contributed by atoms with van der Waals surface area (Å²) >= 11 is 0. The number of pyridine rings is 1. The number of hydrogen-bond acceptors (Lipinski definition) is 4. The summed E-state index contributed by atoms with van der Waals surface area (Å²) in [6.45, 7) is 0.327. The second-order valence-electron chi connectivity index (χ2n) is 8.39. The van der Waals surface area contributed by atoms with Gasteiger partial charge >= 0.3 is 0 Å². The van der Waals surface area contributed by atoms with E-state index < -0.39 is 17.6 Å². The van der Waals surface area contributed by atoms with Crippen LogP contribution in [0, 0.1) is 11.6 Å². The number of para-hydroxylation sites is 1. The van der Waals surface area contributed by atoms with Gasteiger partial charge in [0.25, 0.3) is 11.8 Å². The molecule has 0 aliphatic rings. The normalized spacial score (nSPS) is 10.9. The second-order valence-corrected chi connectivity index (χ2v) is 8.39. The maximum Gasteiger partial charge on any atom is 0.292 e. The smallest absolute Gasteiger partial charge is 0.292 e. The molecular formula is C29H21F2N3O3. The van der Waals surface area contributed by atoms with Gasteiger partial charge in [0.1, 0.15) is 22.9 Å². The van der Waals surface area contributed by atoms with E-state index in [2.05, 4.69) is 10.3 Å². The van der Waals surface area contributed by atoms with Crippen LogP contribution in [0.2, 0.25) is 0 Å². The van der Waals surface area contributed by atoms with Crippen LogP contribution < -0.4 is 5.32 Å². The van der Waals surface area contributed by atoms with Gasteiger partial charge in [-0.1, -0.05) is 42.5 Å². The van der Waals surface area contributed by atoms with Crippen LogP contribution in [-0.4, -0.2) is 21.7 Å². The summed E-state index contributed by atoms with van der Waals surface area (Å²) in [7, 11) is 0. The van der Waals surface area contributed by atoms with Gasteiger partial charge in [0.05, 0.1) is 5.56 Å². The van der Waals surface area contributed by atoms with Crippen LogP contribution in [0.1, 0.15) is 32.0 Å². The molecule has 2 aromatic heterocycles. The van der Waals surface area contributed by atoms with Gasteiger partial charge < -0.3 is 14.6 Å². The third-order valence-corrected chi connectivity index (χ3v) is 5.82. The van der Waals surface area contributed by atoms with Crippen molar-refractivity contribution in [3.05, 3.63) is 131 Å². The summed E-state index contributed by atoms with van der Waals surface area (Å²) in [5, 5.41) is 3.18. The number of hydrogen-bond donors (Lipinski definition) is 1. The Labute approximate surface area is 211 Å².